The summed E-state index contributed by atoms with van der Waals surface area (Å²) in [4.78, 5) is 25.4. The number of rotatable bonds is 7. The fourth-order valence-electron chi connectivity index (χ4n) is 3.29. The van der Waals surface area contributed by atoms with Gasteiger partial charge in [0.2, 0.25) is 5.91 Å². The first-order chi connectivity index (χ1) is 14.6. The van der Waals surface area contributed by atoms with Crippen molar-refractivity contribution in [3.05, 3.63) is 76.5 Å². The molecule has 0 aliphatic carbocycles. The maximum atomic E-state index is 13.2. The topological polar surface area (TPSA) is 89.0 Å². The van der Waals surface area contributed by atoms with Crippen LogP contribution in [0, 0.1) is 5.82 Å². The molecule has 7 nitrogen and oxygen atoms in total. The largest absolute Gasteiger partial charge is 0.376 e. The van der Waals surface area contributed by atoms with Gasteiger partial charge in [0.15, 0.2) is 5.16 Å². The SMILES string of the molecule is O=C(Nc1ccc(F)cc1)C(Sc1n[nH]c(=O)n1CC1CCCO1)c1ccccc1. The van der Waals surface area contributed by atoms with Crippen molar-refractivity contribution in [3.8, 4) is 0 Å². The number of thioether (sulfide) groups is 1. The Morgan fingerprint density at radius 1 is 1.27 bits per heavy atom. The second-order valence-electron chi connectivity index (χ2n) is 6.96. The van der Waals surface area contributed by atoms with Gasteiger partial charge in [0.05, 0.1) is 12.6 Å². The highest BCUT2D eigenvalue weighted by molar-refractivity contribution is 8.00. The van der Waals surface area contributed by atoms with E-state index in [9.17, 15) is 14.0 Å². The molecule has 0 spiro atoms. The zero-order valence-corrected chi connectivity index (χ0v) is 16.9. The molecule has 2 unspecified atom stereocenters. The molecule has 2 heterocycles. The van der Waals surface area contributed by atoms with Crippen molar-refractivity contribution < 1.29 is 13.9 Å². The van der Waals surface area contributed by atoms with Gasteiger partial charge in [-0.3, -0.25) is 9.36 Å². The van der Waals surface area contributed by atoms with Gasteiger partial charge in [-0.2, -0.15) is 0 Å². The highest BCUT2D eigenvalue weighted by atomic mass is 32.2. The van der Waals surface area contributed by atoms with Crippen molar-refractivity contribution in [2.75, 3.05) is 11.9 Å². The molecular formula is C21H21FN4O3S. The Morgan fingerprint density at radius 3 is 2.73 bits per heavy atom. The van der Waals surface area contributed by atoms with Crippen molar-refractivity contribution in [3.63, 3.8) is 0 Å². The van der Waals surface area contributed by atoms with E-state index < -0.39 is 5.25 Å². The third kappa shape index (κ3) is 4.80. The number of anilines is 1. The van der Waals surface area contributed by atoms with E-state index >= 15 is 0 Å². The van der Waals surface area contributed by atoms with Gasteiger partial charge in [-0.25, -0.2) is 14.3 Å². The van der Waals surface area contributed by atoms with Crippen LogP contribution in [-0.4, -0.2) is 33.4 Å². The normalized spacial score (nSPS) is 17.0. The average Bonchev–Trinajstić information content (AvgIpc) is 3.39. The number of hydrogen-bond acceptors (Lipinski definition) is 5. The monoisotopic (exact) mass is 428 g/mol. The number of benzene rings is 2. The number of carbonyl (C=O) groups excluding carboxylic acids is 1. The van der Waals surface area contributed by atoms with E-state index in [1.165, 1.54) is 40.6 Å². The number of aromatic nitrogens is 3. The van der Waals surface area contributed by atoms with Crippen LogP contribution in [0.15, 0.2) is 64.5 Å². The summed E-state index contributed by atoms with van der Waals surface area (Å²) in [6.45, 7) is 1.07. The summed E-state index contributed by atoms with van der Waals surface area (Å²) in [5, 5.41) is 9.17. The van der Waals surface area contributed by atoms with Crippen LogP contribution >= 0.6 is 11.8 Å². The van der Waals surface area contributed by atoms with Crippen LogP contribution in [-0.2, 0) is 16.1 Å². The molecule has 156 valence electrons. The number of aromatic amines is 1. The number of nitrogens with zero attached hydrogens (tertiary/aromatic N) is 2. The first-order valence-electron chi connectivity index (χ1n) is 9.65. The highest BCUT2D eigenvalue weighted by Crippen LogP contribution is 2.35. The minimum Gasteiger partial charge on any atom is -0.376 e. The first-order valence-corrected chi connectivity index (χ1v) is 10.5. The molecule has 0 radical (unpaired) electrons. The summed E-state index contributed by atoms with van der Waals surface area (Å²) in [5.74, 6) is -0.673. The van der Waals surface area contributed by atoms with Crippen LogP contribution in [0.2, 0.25) is 0 Å². The number of hydrogen-bond donors (Lipinski definition) is 2. The molecule has 1 aliphatic rings. The Bertz CT molecular complexity index is 1050. The van der Waals surface area contributed by atoms with Gasteiger partial charge in [-0.15, -0.1) is 5.10 Å². The van der Waals surface area contributed by atoms with Gasteiger partial charge in [0.25, 0.3) is 0 Å². The first kappa shape index (κ1) is 20.4. The van der Waals surface area contributed by atoms with Gasteiger partial charge in [-0.05, 0) is 42.7 Å². The summed E-state index contributed by atoms with van der Waals surface area (Å²) in [6.07, 6.45) is 1.81. The lowest BCUT2D eigenvalue weighted by Crippen LogP contribution is -2.25. The van der Waals surface area contributed by atoms with E-state index in [1.807, 2.05) is 30.3 Å². The van der Waals surface area contributed by atoms with E-state index in [2.05, 4.69) is 15.5 Å². The molecule has 0 bridgehead atoms. The Hall–Kier alpha value is -2.91. The fourth-order valence-corrected chi connectivity index (χ4v) is 4.35. The standard InChI is InChI=1S/C21H21FN4O3S/c22-15-8-10-16(11-9-15)23-19(27)18(14-5-2-1-3-6-14)30-21-25-24-20(28)26(21)13-17-7-4-12-29-17/h1-3,5-6,8-11,17-18H,4,7,12-13H2,(H,23,27)(H,24,28). The maximum Gasteiger partial charge on any atom is 0.344 e. The van der Waals surface area contributed by atoms with Crippen molar-refractivity contribution in [2.24, 2.45) is 0 Å². The zero-order chi connectivity index (χ0) is 20.9. The van der Waals surface area contributed by atoms with Crippen molar-refractivity contribution in [1.29, 1.82) is 0 Å². The fraction of sp³-hybridized carbons (Fsp3) is 0.286. The lowest BCUT2D eigenvalue weighted by molar-refractivity contribution is -0.115. The predicted octanol–water partition coefficient (Wildman–Crippen LogP) is 3.36. The van der Waals surface area contributed by atoms with Gasteiger partial charge in [-0.1, -0.05) is 42.1 Å². The lowest BCUT2D eigenvalue weighted by atomic mass is 10.1. The molecule has 2 atom stereocenters. The Kier molecular flexibility index (Phi) is 6.29. The number of amides is 1. The molecule has 1 amide bonds. The summed E-state index contributed by atoms with van der Waals surface area (Å²) in [5.41, 5.74) is 0.918. The summed E-state index contributed by atoms with van der Waals surface area (Å²) in [6, 6.07) is 14.8. The van der Waals surface area contributed by atoms with Crippen molar-refractivity contribution >= 4 is 23.4 Å². The third-order valence-corrected chi connectivity index (χ3v) is 6.05. The van der Waals surface area contributed by atoms with E-state index in [-0.39, 0.29) is 23.5 Å². The van der Waals surface area contributed by atoms with E-state index in [0.29, 0.717) is 24.0 Å². The third-order valence-electron chi connectivity index (χ3n) is 4.81. The highest BCUT2D eigenvalue weighted by Gasteiger charge is 2.27. The van der Waals surface area contributed by atoms with Crippen LogP contribution < -0.4 is 11.0 Å². The van der Waals surface area contributed by atoms with Crippen LogP contribution in [0.3, 0.4) is 0 Å². The lowest BCUT2D eigenvalue weighted by Gasteiger charge is -2.17. The van der Waals surface area contributed by atoms with E-state index in [0.717, 1.165) is 18.4 Å². The van der Waals surface area contributed by atoms with Gasteiger partial charge in [0, 0.05) is 12.3 Å². The number of ether oxygens (including phenoxy) is 1. The molecular weight excluding hydrogens is 407 g/mol. The molecule has 1 aliphatic heterocycles. The molecule has 3 aromatic rings. The van der Waals surface area contributed by atoms with Crippen LogP contribution in [0.5, 0.6) is 0 Å². The Labute approximate surface area is 176 Å². The number of carbonyl (C=O) groups is 1. The summed E-state index contributed by atoms with van der Waals surface area (Å²) >= 11 is 1.18. The van der Waals surface area contributed by atoms with Crippen molar-refractivity contribution in [2.45, 2.75) is 35.9 Å². The van der Waals surface area contributed by atoms with Crippen LogP contribution in [0.1, 0.15) is 23.7 Å². The molecule has 9 heteroatoms. The van der Waals surface area contributed by atoms with Gasteiger partial charge < -0.3 is 10.1 Å². The average molecular weight is 428 g/mol. The smallest absolute Gasteiger partial charge is 0.344 e. The van der Waals surface area contributed by atoms with Crippen LogP contribution in [0.4, 0.5) is 10.1 Å². The van der Waals surface area contributed by atoms with Gasteiger partial charge >= 0.3 is 5.69 Å². The Balaban J connectivity index is 1.59. The second kappa shape index (κ2) is 9.27. The number of halogens is 1. The van der Waals surface area contributed by atoms with E-state index in [1.54, 1.807) is 0 Å². The molecule has 4 rings (SSSR count). The molecule has 1 saturated heterocycles. The molecule has 1 fully saturated rings. The molecule has 30 heavy (non-hydrogen) atoms. The molecule has 2 N–H and O–H groups in total. The minimum absolute atomic E-state index is 0.0390. The van der Waals surface area contributed by atoms with Crippen molar-refractivity contribution in [1.82, 2.24) is 14.8 Å². The number of H-pyrrole nitrogens is 1. The molecule has 0 saturated carbocycles. The number of nitrogens with one attached hydrogen (secondary N) is 2. The second-order valence-corrected chi connectivity index (χ2v) is 8.03. The quantitative estimate of drug-likeness (QED) is 0.564. The predicted molar refractivity (Wildman–Crippen MR) is 112 cm³/mol. The Morgan fingerprint density at radius 2 is 2.03 bits per heavy atom. The minimum atomic E-state index is -0.658. The summed E-state index contributed by atoms with van der Waals surface area (Å²) < 4.78 is 20.3. The molecule has 1 aromatic heterocycles. The van der Waals surface area contributed by atoms with Gasteiger partial charge in [0.1, 0.15) is 11.1 Å². The zero-order valence-electron chi connectivity index (χ0n) is 16.1. The summed E-state index contributed by atoms with van der Waals surface area (Å²) in [7, 11) is 0. The van der Waals surface area contributed by atoms with E-state index in [4.69, 9.17) is 4.74 Å². The maximum absolute atomic E-state index is 13.2. The molecule has 2 aromatic carbocycles. The van der Waals surface area contributed by atoms with Crippen LogP contribution in [0.25, 0.3) is 0 Å².